The van der Waals surface area contributed by atoms with Crippen molar-refractivity contribution in [3.8, 4) is 11.5 Å². The molecule has 0 aliphatic heterocycles. The molecule has 27 heavy (non-hydrogen) atoms. The Morgan fingerprint density at radius 3 is 2.44 bits per heavy atom. The zero-order valence-corrected chi connectivity index (χ0v) is 15.8. The highest BCUT2D eigenvalue weighted by Gasteiger charge is 2.11. The van der Waals surface area contributed by atoms with Crippen LogP contribution >= 0.6 is 0 Å². The van der Waals surface area contributed by atoms with Crippen LogP contribution in [0.4, 0.5) is 17.5 Å². The summed E-state index contributed by atoms with van der Waals surface area (Å²) in [5.41, 5.74) is 2.14. The van der Waals surface area contributed by atoms with Crippen molar-refractivity contribution >= 4 is 17.5 Å². The van der Waals surface area contributed by atoms with E-state index in [4.69, 9.17) is 9.47 Å². The summed E-state index contributed by atoms with van der Waals surface area (Å²) in [7, 11) is 3.26. The summed E-state index contributed by atoms with van der Waals surface area (Å²) >= 11 is 0. The number of aromatic nitrogens is 2. The van der Waals surface area contributed by atoms with Gasteiger partial charge in [-0.15, -0.1) is 0 Å². The molecule has 0 saturated heterocycles. The van der Waals surface area contributed by atoms with E-state index in [1.807, 2.05) is 42.5 Å². The summed E-state index contributed by atoms with van der Waals surface area (Å²) in [5, 5.41) is 3.35. The minimum atomic E-state index is 0.619. The number of nitrogens with one attached hydrogen (secondary N) is 1. The molecule has 0 radical (unpaired) electrons. The standard InChI is InChI=1S/C21H24N4O2/c1-4-25(17-8-6-5-7-9-17)21-22-13-12-20(24-21)23-15-16-10-11-18(26-2)19(14-16)27-3/h5-14H,4,15H2,1-3H3,(H,22,23,24). The molecule has 6 heteroatoms. The molecule has 0 spiro atoms. The number of methoxy groups -OCH3 is 2. The summed E-state index contributed by atoms with van der Waals surface area (Å²) in [6.45, 7) is 3.48. The van der Waals surface area contributed by atoms with E-state index in [1.54, 1.807) is 20.4 Å². The first-order chi connectivity index (χ1) is 13.2. The first-order valence-electron chi connectivity index (χ1n) is 8.85. The quantitative estimate of drug-likeness (QED) is 0.644. The Hall–Kier alpha value is -3.28. The molecule has 0 aliphatic carbocycles. The SMILES string of the molecule is CCN(c1ccccc1)c1nccc(NCc2ccc(OC)c(OC)c2)n1. The second-order valence-corrected chi connectivity index (χ2v) is 5.86. The molecule has 1 heterocycles. The molecule has 0 saturated carbocycles. The number of para-hydroxylation sites is 1. The molecule has 1 N–H and O–H groups in total. The zero-order chi connectivity index (χ0) is 19.1. The Kier molecular flexibility index (Phi) is 6.10. The average molecular weight is 364 g/mol. The molecule has 6 nitrogen and oxygen atoms in total. The fourth-order valence-corrected chi connectivity index (χ4v) is 2.81. The van der Waals surface area contributed by atoms with Gasteiger partial charge in [0.15, 0.2) is 11.5 Å². The maximum absolute atomic E-state index is 5.36. The van der Waals surface area contributed by atoms with Gasteiger partial charge in [0, 0.05) is 25.0 Å². The number of rotatable bonds is 8. The van der Waals surface area contributed by atoms with E-state index in [1.165, 1.54) is 0 Å². The van der Waals surface area contributed by atoms with Crippen molar-refractivity contribution in [3.63, 3.8) is 0 Å². The van der Waals surface area contributed by atoms with Crippen molar-refractivity contribution in [3.05, 3.63) is 66.4 Å². The summed E-state index contributed by atoms with van der Waals surface area (Å²) in [4.78, 5) is 11.2. The van der Waals surface area contributed by atoms with E-state index in [2.05, 4.69) is 39.2 Å². The molecule has 0 bridgehead atoms. The van der Waals surface area contributed by atoms with E-state index in [0.717, 1.165) is 23.6 Å². The highest BCUT2D eigenvalue weighted by molar-refractivity contribution is 5.58. The maximum atomic E-state index is 5.36. The highest BCUT2D eigenvalue weighted by Crippen LogP contribution is 2.28. The first-order valence-corrected chi connectivity index (χ1v) is 8.85. The van der Waals surface area contributed by atoms with Gasteiger partial charge in [0.1, 0.15) is 5.82 Å². The fraction of sp³-hybridized carbons (Fsp3) is 0.238. The third-order valence-electron chi connectivity index (χ3n) is 4.19. The lowest BCUT2D eigenvalue weighted by Gasteiger charge is -2.21. The monoisotopic (exact) mass is 364 g/mol. The lowest BCUT2D eigenvalue weighted by atomic mass is 10.2. The summed E-state index contributed by atoms with van der Waals surface area (Å²) in [6.07, 6.45) is 1.77. The maximum Gasteiger partial charge on any atom is 0.231 e. The van der Waals surface area contributed by atoms with Crippen molar-refractivity contribution in [1.29, 1.82) is 0 Å². The van der Waals surface area contributed by atoms with Crippen molar-refractivity contribution in [2.75, 3.05) is 31.0 Å². The normalized spacial score (nSPS) is 10.3. The molecule has 1 aromatic heterocycles. The number of hydrogen-bond acceptors (Lipinski definition) is 6. The van der Waals surface area contributed by atoms with Crippen LogP contribution in [0.2, 0.25) is 0 Å². The van der Waals surface area contributed by atoms with Crippen LogP contribution in [0.15, 0.2) is 60.8 Å². The van der Waals surface area contributed by atoms with Gasteiger partial charge in [-0.25, -0.2) is 4.98 Å². The van der Waals surface area contributed by atoms with Gasteiger partial charge in [-0.05, 0) is 42.8 Å². The smallest absolute Gasteiger partial charge is 0.231 e. The van der Waals surface area contributed by atoms with E-state index in [0.29, 0.717) is 24.0 Å². The average Bonchev–Trinajstić information content (AvgIpc) is 2.73. The van der Waals surface area contributed by atoms with E-state index >= 15 is 0 Å². The number of ether oxygens (including phenoxy) is 2. The van der Waals surface area contributed by atoms with Crippen LogP contribution in [0.3, 0.4) is 0 Å². The van der Waals surface area contributed by atoms with Crippen LogP contribution in [-0.2, 0) is 6.54 Å². The third-order valence-corrected chi connectivity index (χ3v) is 4.19. The van der Waals surface area contributed by atoms with Gasteiger partial charge in [0.2, 0.25) is 5.95 Å². The predicted octanol–water partition coefficient (Wildman–Crippen LogP) is 4.26. The Morgan fingerprint density at radius 1 is 0.963 bits per heavy atom. The molecule has 3 rings (SSSR count). The molecule has 0 unspecified atom stereocenters. The second kappa shape index (κ2) is 8.89. The van der Waals surface area contributed by atoms with E-state index in [9.17, 15) is 0 Å². The van der Waals surface area contributed by atoms with Gasteiger partial charge < -0.3 is 19.7 Å². The Balaban J connectivity index is 1.74. The topological polar surface area (TPSA) is 59.5 Å². The third kappa shape index (κ3) is 4.47. The minimum absolute atomic E-state index is 0.619. The van der Waals surface area contributed by atoms with Crippen molar-refractivity contribution in [2.45, 2.75) is 13.5 Å². The van der Waals surface area contributed by atoms with Crippen LogP contribution in [0, 0.1) is 0 Å². The van der Waals surface area contributed by atoms with Gasteiger partial charge in [0.25, 0.3) is 0 Å². The van der Waals surface area contributed by atoms with Gasteiger partial charge in [-0.2, -0.15) is 4.98 Å². The summed E-state index contributed by atoms with van der Waals surface area (Å²) in [6, 6.07) is 17.8. The molecular weight excluding hydrogens is 340 g/mol. The van der Waals surface area contributed by atoms with E-state index in [-0.39, 0.29) is 0 Å². The molecule has 0 amide bonds. The van der Waals surface area contributed by atoms with Gasteiger partial charge in [-0.1, -0.05) is 24.3 Å². The van der Waals surface area contributed by atoms with Crippen LogP contribution in [0.25, 0.3) is 0 Å². The van der Waals surface area contributed by atoms with Crippen LogP contribution < -0.4 is 19.7 Å². The van der Waals surface area contributed by atoms with Crippen molar-refractivity contribution in [1.82, 2.24) is 9.97 Å². The van der Waals surface area contributed by atoms with Crippen molar-refractivity contribution < 1.29 is 9.47 Å². The van der Waals surface area contributed by atoms with Gasteiger partial charge in [-0.3, -0.25) is 0 Å². The van der Waals surface area contributed by atoms with Crippen LogP contribution in [0.1, 0.15) is 12.5 Å². The lowest BCUT2D eigenvalue weighted by Crippen LogP contribution is -2.19. The minimum Gasteiger partial charge on any atom is -0.493 e. The fourth-order valence-electron chi connectivity index (χ4n) is 2.81. The molecule has 0 atom stereocenters. The van der Waals surface area contributed by atoms with Gasteiger partial charge in [0.05, 0.1) is 14.2 Å². The van der Waals surface area contributed by atoms with Crippen LogP contribution in [-0.4, -0.2) is 30.7 Å². The number of benzene rings is 2. The summed E-state index contributed by atoms with van der Waals surface area (Å²) in [5.74, 6) is 2.86. The first kappa shape index (κ1) is 18.5. The Morgan fingerprint density at radius 2 is 1.74 bits per heavy atom. The Labute approximate surface area is 159 Å². The largest absolute Gasteiger partial charge is 0.493 e. The molecule has 3 aromatic rings. The molecule has 2 aromatic carbocycles. The summed E-state index contributed by atoms with van der Waals surface area (Å²) < 4.78 is 10.6. The molecule has 140 valence electrons. The lowest BCUT2D eigenvalue weighted by molar-refractivity contribution is 0.354. The van der Waals surface area contributed by atoms with Crippen LogP contribution in [0.5, 0.6) is 11.5 Å². The molecular formula is C21H24N4O2. The van der Waals surface area contributed by atoms with E-state index < -0.39 is 0 Å². The zero-order valence-electron chi connectivity index (χ0n) is 15.8. The molecule has 0 aliphatic rings. The molecule has 0 fully saturated rings. The van der Waals surface area contributed by atoms with Gasteiger partial charge >= 0.3 is 0 Å². The Bertz CT molecular complexity index is 871. The second-order valence-electron chi connectivity index (χ2n) is 5.86. The number of anilines is 3. The van der Waals surface area contributed by atoms with Crippen molar-refractivity contribution in [2.24, 2.45) is 0 Å². The predicted molar refractivity (Wildman–Crippen MR) is 108 cm³/mol. The number of nitrogens with zero attached hydrogens (tertiary/aromatic N) is 3. The highest BCUT2D eigenvalue weighted by atomic mass is 16.5. The number of hydrogen-bond donors (Lipinski definition) is 1.